The average molecular weight is 288 g/mol. The highest BCUT2D eigenvalue weighted by Gasteiger charge is 2.27. The van der Waals surface area contributed by atoms with Gasteiger partial charge in [-0.2, -0.15) is 5.10 Å². The Kier molecular flexibility index (Phi) is 4.55. The molecule has 1 aliphatic heterocycles. The first kappa shape index (κ1) is 14.6. The van der Waals surface area contributed by atoms with Crippen molar-refractivity contribution in [1.82, 2.24) is 16.3 Å². The molecule has 110 valence electrons. The Labute approximate surface area is 121 Å². The Morgan fingerprint density at radius 1 is 1.38 bits per heavy atom. The summed E-state index contributed by atoms with van der Waals surface area (Å²) in [7, 11) is 0. The van der Waals surface area contributed by atoms with E-state index in [0.29, 0.717) is 12.1 Å². The van der Waals surface area contributed by atoms with Gasteiger partial charge >= 0.3 is 0 Å². The maximum Gasteiger partial charge on any atom is 0.247 e. The van der Waals surface area contributed by atoms with Gasteiger partial charge in [0.1, 0.15) is 5.75 Å². The van der Waals surface area contributed by atoms with Gasteiger partial charge in [0, 0.05) is 12.1 Å². The van der Waals surface area contributed by atoms with Crippen molar-refractivity contribution < 1.29 is 14.7 Å². The van der Waals surface area contributed by atoms with Crippen LogP contribution in [0.5, 0.6) is 5.75 Å². The summed E-state index contributed by atoms with van der Waals surface area (Å²) in [6.07, 6.45) is 2.02. The van der Waals surface area contributed by atoms with E-state index in [-0.39, 0.29) is 24.0 Å². The molecule has 7 nitrogen and oxygen atoms in total. The van der Waals surface area contributed by atoms with Crippen LogP contribution in [0.1, 0.15) is 18.4 Å². The number of phenolic OH excluding ortho intramolecular Hbond substituents is 1. The monoisotopic (exact) mass is 288 g/mol. The fraction of sp³-hybridized carbons (Fsp3) is 0.214. The van der Waals surface area contributed by atoms with E-state index in [2.05, 4.69) is 28.0 Å². The van der Waals surface area contributed by atoms with Gasteiger partial charge in [-0.1, -0.05) is 6.58 Å². The number of nitrogens with zero attached hydrogens (tertiary/aromatic N) is 1. The Hall–Kier alpha value is -2.83. The molecule has 0 aromatic heterocycles. The molecule has 0 saturated carbocycles. The largest absolute Gasteiger partial charge is 0.508 e. The molecule has 4 N–H and O–H groups in total. The first-order valence-corrected chi connectivity index (χ1v) is 6.42. The molecule has 1 aromatic carbocycles. The summed E-state index contributed by atoms with van der Waals surface area (Å²) in [5.41, 5.74) is 8.78. The average Bonchev–Trinajstić information content (AvgIpc) is 2.78. The molecule has 1 atom stereocenters. The lowest BCUT2D eigenvalue weighted by molar-refractivity contribution is -0.123. The van der Waals surface area contributed by atoms with Crippen LogP contribution in [-0.2, 0) is 9.59 Å². The summed E-state index contributed by atoms with van der Waals surface area (Å²) in [4.78, 5) is 23.0. The van der Waals surface area contributed by atoms with Crippen molar-refractivity contribution in [2.45, 2.75) is 12.8 Å². The molecular formula is C14H16N4O3. The van der Waals surface area contributed by atoms with Crippen molar-refractivity contribution in [2.75, 3.05) is 0 Å². The Balaban J connectivity index is 1.76. The third kappa shape index (κ3) is 4.07. The molecular weight excluding hydrogens is 272 g/mol. The van der Waals surface area contributed by atoms with Crippen LogP contribution in [0.25, 0.3) is 0 Å². The molecule has 7 heteroatoms. The number of hydrogen-bond acceptors (Lipinski definition) is 5. The molecule has 1 saturated heterocycles. The fourth-order valence-electron chi connectivity index (χ4n) is 1.85. The van der Waals surface area contributed by atoms with Crippen molar-refractivity contribution >= 4 is 18.0 Å². The molecule has 1 unspecified atom stereocenters. The van der Waals surface area contributed by atoms with Crippen molar-refractivity contribution in [3.63, 3.8) is 0 Å². The fourth-order valence-corrected chi connectivity index (χ4v) is 1.85. The maximum absolute atomic E-state index is 11.6. The quantitative estimate of drug-likeness (QED) is 0.465. The van der Waals surface area contributed by atoms with Crippen molar-refractivity contribution in [2.24, 2.45) is 11.0 Å². The van der Waals surface area contributed by atoms with Crippen LogP contribution in [0.4, 0.5) is 0 Å². The summed E-state index contributed by atoms with van der Waals surface area (Å²) in [5, 5.41) is 12.9. The van der Waals surface area contributed by atoms with Crippen LogP contribution in [0.3, 0.4) is 0 Å². The second-order valence-electron chi connectivity index (χ2n) is 4.62. The van der Waals surface area contributed by atoms with Crippen molar-refractivity contribution in [1.29, 1.82) is 0 Å². The lowest BCUT2D eigenvalue weighted by Gasteiger charge is -2.05. The van der Waals surface area contributed by atoms with Gasteiger partial charge < -0.3 is 10.5 Å². The molecule has 0 aliphatic carbocycles. The number of hydrogen-bond donors (Lipinski definition) is 4. The van der Waals surface area contributed by atoms with Crippen molar-refractivity contribution in [3.05, 3.63) is 42.1 Å². The van der Waals surface area contributed by atoms with Gasteiger partial charge in [0.25, 0.3) is 0 Å². The van der Waals surface area contributed by atoms with Crippen LogP contribution >= 0.6 is 0 Å². The molecule has 0 radical (unpaired) electrons. The number of carbonyl (C=O) groups excluding carboxylic acids is 2. The van der Waals surface area contributed by atoms with Crippen LogP contribution in [0.15, 0.2) is 41.6 Å². The number of rotatable bonds is 5. The second kappa shape index (κ2) is 6.56. The molecule has 1 aromatic rings. The minimum Gasteiger partial charge on any atom is -0.508 e. The molecule has 1 aliphatic rings. The van der Waals surface area contributed by atoms with Gasteiger partial charge in [0.05, 0.1) is 12.1 Å². The highest BCUT2D eigenvalue weighted by molar-refractivity contribution is 5.85. The molecule has 0 spiro atoms. The molecule has 2 rings (SSSR count). The minimum absolute atomic E-state index is 0.167. The van der Waals surface area contributed by atoms with E-state index in [1.54, 1.807) is 12.1 Å². The summed E-state index contributed by atoms with van der Waals surface area (Å²) in [6.45, 7) is 3.70. The highest BCUT2D eigenvalue weighted by atomic mass is 16.3. The van der Waals surface area contributed by atoms with Gasteiger partial charge in [-0.25, -0.2) is 5.43 Å². The van der Waals surface area contributed by atoms with Crippen LogP contribution in [0.2, 0.25) is 0 Å². The number of aromatic hydroxyl groups is 1. The van der Waals surface area contributed by atoms with E-state index in [4.69, 9.17) is 5.11 Å². The Morgan fingerprint density at radius 2 is 2.10 bits per heavy atom. The summed E-state index contributed by atoms with van der Waals surface area (Å²) >= 11 is 0. The topological polar surface area (TPSA) is 103 Å². The van der Waals surface area contributed by atoms with E-state index >= 15 is 0 Å². The summed E-state index contributed by atoms with van der Waals surface area (Å²) in [5.74, 6) is -0.686. The normalized spacial score (nSPS) is 17.6. The molecule has 1 fully saturated rings. The zero-order valence-electron chi connectivity index (χ0n) is 11.3. The third-order valence-corrected chi connectivity index (χ3v) is 3.04. The number of benzene rings is 1. The zero-order chi connectivity index (χ0) is 15.2. The smallest absolute Gasteiger partial charge is 0.247 e. The molecule has 21 heavy (non-hydrogen) atoms. The minimum atomic E-state index is -0.392. The lowest BCUT2D eigenvalue weighted by Crippen LogP contribution is -2.26. The van der Waals surface area contributed by atoms with E-state index in [9.17, 15) is 9.59 Å². The number of hydrazine groups is 1. The Morgan fingerprint density at radius 3 is 2.71 bits per heavy atom. The van der Waals surface area contributed by atoms with Crippen LogP contribution < -0.4 is 16.3 Å². The maximum atomic E-state index is 11.6. The van der Waals surface area contributed by atoms with E-state index in [1.165, 1.54) is 18.3 Å². The highest BCUT2D eigenvalue weighted by Crippen LogP contribution is 2.17. The number of amides is 2. The number of carbonyl (C=O) groups is 2. The predicted molar refractivity (Wildman–Crippen MR) is 77.0 cm³/mol. The van der Waals surface area contributed by atoms with Crippen molar-refractivity contribution in [3.8, 4) is 5.75 Å². The first-order valence-electron chi connectivity index (χ1n) is 6.42. The SMILES string of the molecule is C=C1NNC(=O)C1CCC(=O)N/N=C/c1ccc(O)cc1. The zero-order valence-corrected chi connectivity index (χ0v) is 11.3. The standard InChI is InChI=1S/C14H16N4O3/c1-9-12(14(21)18-16-9)6-7-13(20)17-15-8-10-2-4-11(19)5-3-10/h2-5,8,12,16,19H,1,6-7H2,(H,17,20)(H,18,21)/b15-8+. The van der Waals surface area contributed by atoms with E-state index < -0.39 is 5.92 Å². The predicted octanol–water partition coefficient (Wildman–Crippen LogP) is 0.387. The molecule has 0 bridgehead atoms. The van der Waals surface area contributed by atoms with Gasteiger partial charge in [-0.15, -0.1) is 0 Å². The van der Waals surface area contributed by atoms with Gasteiger partial charge in [-0.3, -0.25) is 15.0 Å². The van der Waals surface area contributed by atoms with Crippen LogP contribution in [0, 0.1) is 5.92 Å². The van der Waals surface area contributed by atoms with Crippen LogP contribution in [-0.4, -0.2) is 23.1 Å². The first-order chi connectivity index (χ1) is 10.1. The number of nitrogens with one attached hydrogen (secondary N) is 3. The number of hydrazone groups is 1. The summed E-state index contributed by atoms with van der Waals surface area (Å²) in [6, 6.07) is 6.40. The van der Waals surface area contributed by atoms with Gasteiger partial charge in [0.2, 0.25) is 11.8 Å². The van der Waals surface area contributed by atoms with Gasteiger partial charge in [0.15, 0.2) is 0 Å². The van der Waals surface area contributed by atoms with E-state index in [0.717, 1.165) is 5.56 Å². The third-order valence-electron chi connectivity index (χ3n) is 3.04. The van der Waals surface area contributed by atoms with Gasteiger partial charge in [-0.05, 0) is 36.2 Å². The Bertz CT molecular complexity index is 564. The lowest BCUT2D eigenvalue weighted by atomic mass is 10.0. The summed E-state index contributed by atoms with van der Waals surface area (Å²) < 4.78 is 0. The van der Waals surface area contributed by atoms with E-state index in [1.807, 2.05) is 0 Å². The number of phenols is 1. The second-order valence-corrected chi connectivity index (χ2v) is 4.62. The molecule has 1 heterocycles. The molecule has 2 amide bonds.